The second-order valence-corrected chi connectivity index (χ2v) is 5.22. The smallest absolute Gasteiger partial charge is 0.347 e. The van der Waals surface area contributed by atoms with Crippen LogP contribution >= 0.6 is 0 Å². The molecule has 1 unspecified atom stereocenters. The van der Waals surface area contributed by atoms with Crippen LogP contribution in [0.3, 0.4) is 0 Å². The largest absolute Gasteiger partial charge is 0.360 e. The van der Waals surface area contributed by atoms with Gasteiger partial charge >= 0.3 is 6.03 Å². The maximum atomic E-state index is 12.0. The first-order valence-electron chi connectivity index (χ1n) is 6.66. The average molecular weight is 259 g/mol. The Balaban J connectivity index is 2.12. The minimum atomic E-state index is -0.284. The van der Waals surface area contributed by atoms with E-state index in [1.54, 1.807) is 0 Å². The molecule has 0 aromatic heterocycles. The molecule has 0 aliphatic carbocycles. The highest BCUT2D eigenvalue weighted by molar-refractivity contribution is 6.01. The molecule has 1 N–H and O–H groups in total. The number of nitrogens with one attached hydrogen (secondary N) is 1. The molecule has 4 heteroatoms. The van der Waals surface area contributed by atoms with Crippen molar-refractivity contribution in [1.29, 1.82) is 0 Å². The van der Waals surface area contributed by atoms with Crippen molar-refractivity contribution in [2.24, 2.45) is 4.99 Å². The first kappa shape index (κ1) is 13.6. The lowest BCUT2D eigenvalue weighted by atomic mass is 10.1. The van der Waals surface area contributed by atoms with Crippen molar-refractivity contribution in [2.45, 2.75) is 39.7 Å². The van der Waals surface area contributed by atoms with E-state index in [1.165, 1.54) is 0 Å². The summed E-state index contributed by atoms with van der Waals surface area (Å²) < 4.78 is 0. The molecular weight excluding hydrogens is 238 g/mol. The van der Waals surface area contributed by atoms with Crippen LogP contribution in [-0.4, -0.2) is 29.9 Å². The summed E-state index contributed by atoms with van der Waals surface area (Å²) >= 11 is 0. The third-order valence-electron chi connectivity index (χ3n) is 3.80. The third-order valence-corrected chi connectivity index (χ3v) is 3.80. The van der Waals surface area contributed by atoms with Gasteiger partial charge in [0.15, 0.2) is 0 Å². The molecule has 1 heterocycles. The van der Waals surface area contributed by atoms with Gasteiger partial charge in [0.2, 0.25) is 0 Å². The van der Waals surface area contributed by atoms with Gasteiger partial charge < -0.3 is 10.2 Å². The van der Waals surface area contributed by atoms with Gasteiger partial charge in [-0.25, -0.2) is 4.79 Å². The van der Waals surface area contributed by atoms with E-state index >= 15 is 0 Å². The predicted molar refractivity (Wildman–Crippen MR) is 78.8 cm³/mol. The first-order valence-corrected chi connectivity index (χ1v) is 6.66. The van der Waals surface area contributed by atoms with Crippen molar-refractivity contribution in [1.82, 2.24) is 4.90 Å². The standard InChI is InChI=1S/C15H21N3O/c1-10-6-5-7-11(2)14(10)17-15(19)16-13-9-8-12(3)18(13)4/h5-7,12H,8-9H2,1-4H3,(H,17,19). The second-order valence-electron chi connectivity index (χ2n) is 5.22. The van der Waals surface area contributed by atoms with Crippen LogP contribution in [0, 0.1) is 13.8 Å². The number of aliphatic imine (C=N–C) groups is 1. The first-order chi connectivity index (χ1) is 8.99. The number of aryl methyl sites for hydroxylation is 2. The van der Waals surface area contributed by atoms with Crippen LogP contribution in [0.4, 0.5) is 10.5 Å². The van der Waals surface area contributed by atoms with Gasteiger partial charge in [-0.15, -0.1) is 0 Å². The SMILES string of the molecule is Cc1cccc(C)c1NC(=O)N=C1CCC(C)N1C. The Kier molecular flexibility index (Phi) is 3.88. The zero-order valence-electron chi connectivity index (χ0n) is 12.0. The molecule has 102 valence electrons. The van der Waals surface area contributed by atoms with Crippen LogP contribution in [0.2, 0.25) is 0 Å². The summed E-state index contributed by atoms with van der Waals surface area (Å²) in [4.78, 5) is 18.3. The van der Waals surface area contributed by atoms with Gasteiger partial charge in [0.25, 0.3) is 0 Å². The second kappa shape index (κ2) is 5.43. The number of likely N-dealkylation sites (tertiary alicyclic amines) is 1. The molecule has 0 radical (unpaired) electrons. The monoisotopic (exact) mass is 259 g/mol. The molecule has 1 atom stereocenters. The van der Waals surface area contributed by atoms with E-state index in [0.717, 1.165) is 35.5 Å². The molecule has 1 fully saturated rings. The van der Waals surface area contributed by atoms with Gasteiger partial charge in [0.1, 0.15) is 5.84 Å². The third kappa shape index (κ3) is 2.95. The number of urea groups is 1. The molecule has 4 nitrogen and oxygen atoms in total. The molecule has 2 amide bonds. The molecule has 19 heavy (non-hydrogen) atoms. The van der Waals surface area contributed by atoms with Gasteiger partial charge in [0, 0.05) is 25.2 Å². The van der Waals surface area contributed by atoms with E-state index in [4.69, 9.17) is 0 Å². The lowest BCUT2D eigenvalue weighted by Crippen LogP contribution is -2.27. The van der Waals surface area contributed by atoms with E-state index in [0.29, 0.717) is 6.04 Å². The maximum absolute atomic E-state index is 12.0. The lowest BCUT2D eigenvalue weighted by molar-refractivity contribution is 0.259. The fraction of sp³-hybridized carbons (Fsp3) is 0.467. The van der Waals surface area contributed by atoms with Gasteiger partial charge in [-0.1, -0.05) is 18.2 Å². The molecule has 0 saturated carbocycles. The number of nitrogens with zero attached hydrogens (tertiary/aromatic N) is 2. The maximum Gasteiger partial charge on any atom is 0.347 e. The van der Waals surface area contributed by atoms with Crippen LogP contribution in [-0.2, 0) is 0 Å². The molecular formula is C15H21N3O. The average Bonchev–Trinajstić information content (AvgIpc) is 2.66. The number of amidine groups is 1. The predicted octanol–water partition coefficient (Wildman–Crippen LogP) is 3.35. The molecule has 0 spiro atoms. The fourth-order valence-corrected chi connectivity index (χ4v) is 2.36. The van der Waals surface area contributed by atoms with Crippen LogP contribution in [0.1, 0.15) is 30.9 Å². The van der Waals surface area contributed by atoms with Crippen LogP contribution in [0.5, 0.6) is 0 Å². The van der Waals surface area contributed by atoms with E-state index in [9.17, 15) is 4.79 Å². The van der Waals surface area contributed by atoms with Crippen molar-refractivity contribution in [3.63, 3.8) is 0 Å². The Morgan fingerprint density at radius 2 is 2.00 bits per heavy atom. The minimum absolute atomic E-state index is 0.284. The molecule has 2 rings (SSSR count). The zero-order valence-corrected chi connectivity index (χ0v) is 12.0. The highest BCUT2D eigenvalue weighted by Crippen LogP contribution is 2.21. The van der Waals surface area contributed by atoms with Crippen molar-refractivity contribution >= 4 is 17.6 Å². The van der Waals surface area contributed by atoms with Crippen molar-refractivity contribution in [2.75, 3.05) is 12.4 Å². The van der Waals surface area contributed by atoms with Crippen LogP contribution in [0.15, 0.2) is 23.2 Å². The quantitative estimate of drug-likeness (QED) is 0.840. The number of carbonyl (C=O) groups is 1. The molecule has 1 aliphatic rings. The Bertz CT molecular complexity index is 502. The van der Waals surface area contributed by atoms with E-state index in [2.05, 4.69) is 22.1 Å². The lowest BCUT2D eigenvalue weighted by Gasteiger charge is -2.17. The summed E-state index contributed by atoms with van der Waals surface area (Å²) in [5.41, 5.74) is 2.98. The molecule has 1 aliphatic heterocycles. The number of para-hydroxylation sites is 1. The highest BCUT2D eigenvalue weighted by atomic mass is 16.2. The molecule has 0 bridgehead atoms. The summed E-state index contributed by atoms with van der Waals surface area (Å²) in [6, 6.07) is 6.14. The Hall–Kier alpha value is -1.84. The van der Waals surface area contributed by atoms with Crippen LogP contribution in [0.25, 0.3) is 0 Å². The summed E-state index contributed by atoms with van der Waals surface area (Å²) in [5.74, 6) is 0.872. The number of amides is 2. The van der Waals surface area contributed by atoms with E-state index in [1.807, 2.05) is 39.1 Å². The van der Waals surface area contributed by atoms with Crippen molar-refractivity contribution in [3.8, 4) is 0 Å². The minimum Gasteiger partial charge on any atom is -0.360 e. The molecule has 1 saturated heterocycles. The van der Waals surface area contributed by atoms with Crippen molar-refractivity contribution < 1.29 is 4.79 Å². The Morgan fingerprint density at radius 1 is 1.37 bits per heavy atom. The number of carbonyl (C=O) groups excluding carboxylic acids is 1. The number of hydrogen-bond donors (Lipinski definition) is 1. The molecule has 1 aromatic rings. The van der Waals surface area contributed by atoms with E-state index < -0.39 is 0 Å². The summed E-state index contributed by atoms with van der Waals surface area (Å²) in [6.07, 6.45) is 1.93. The fourth-order valence-electron chi connectivity index (χ4n) is 2.36. The zero-order chi connectivity index (χ0) is 14.0. The summed E-state index contributed by atoms with van der Waals surface area (Å²) in [5, 5.41) is 2.89. The molecule has 1 aromatic carbocycles. The number of hydrogen-bond acceptors (Lipinski definition) is 1. The van der Waals surface area contributed by atoms with Crippen LogP contribution < -0.4 is 5.32 Å². The van der Waals surface area contributed by atoms with Crippen molar-refractivity contribution in [3.05, 3.63) is 29.3 Å². The number of anilines is 1. The normalized spacial score (nSPS) is 20.9. The van der Waals surface area contributed by atoms with Gasteiger partial charge in [-0.2, -0.15) is 4.99 Å². The number of rotatable bonds is 1. The Morgan fingerprint density at radius 3 is 2.53 bits per heavy atom. The van der Waals surface area contributed by atoms with Gasteiger partial charge in [0.05, 0.1) is 0 Å². The van der Waals surface area contributed by atoms with Gasteiger partial charge in [-0.3, -0.25) is 0 Å². The van der Waals surface area contributed by atoms with Gasteiger partial charge in [-0.05, 0) is 38.3 Å². The Labute approximate surface area is 114 Å². The summed E-state index contributed by atoms with van der Waals surface area (Å²) in [7, 11) is 1.99. The van der Waals surface area contributed by atoms with E-state index in [-0.39, 0.29) is 6.03 Å². The summed E-state index contributed by atoms with van der Waals surface area (Å²) in [6.45, 7) is 6.12. The number of benzene rings is 1. The topological polar surface area (TPSA) is 44.7 Å². The highest BCUT2D eigenvalue weighted by Gasteiger charge is 2.22.